The number of piperazine rings is 1. The Morgan fingerprint density at radius 2 is 1.88 bits per heavy atom. The van der Waals surface area contributed by atoms with Crippen LogP contribution in [0, 0.1) is 0 Å². The van der Waals surface area contributed by atoms with E-state index in [9.17, 15) is 4.79 Å². The van der Waals surface area contributed by atoms with E-state index >= 15 is 0 Å². The zero-order chi connectivity index (χ0) is 17.9. The van der Waals surface area contributed by atoms with Crippen LogP contribution < -0.4 is 14.8 Å². The highest BCUT2D eigenvalue weighted by Gasteiger charge is 2.28. The number of fused-ring (bicyclic) bond motifs is 1. The summed E-state index contributed by atoms with van der Waals surface area (Å²) in [6.45, 7) is 6.28. The molecule has 2 amide bonds. The Balaban J connectivity index is 1.38. The van der Waals surface area contributed by atoms with Gasteiger partial charge in [0.1, 0.15) is 0 Å². The maximum absolute atomic E-state index is 12.8. The van der Waals surface area contributed by atoms with Gasteiger partial charge < -0.3 is 24.6 Å². The van der Waals surface area contributed by atoms with Crippen molar-refractivity contribution in [3.8, 4) is 11.5 Å². The first-order valence-corrected chi connectivity index (χ1v) is 9.57. The molecule has 0 bridgehead atoms. The van der Waals surface area contributed by atoms with Gasteiger partial charge >= 0.3 is 6.03 Å². The first-order chi connectivity index (χ1) is 12.7. The van der Waals surface area contributed by atoms with Crippen LogP contribution in [0.4, 0.5) is 10.5 Å². The Morgan fingerprint density at radius 3 is 2.73 bits per heavy atom. The van der Waals surface area contributed by atoms with Gasteiger partial charge in [-0.1, -0.05) is 6.42 Å². The molecule has 0 unspecified atom stereocenters. The minimum Gasteiger partial charge on any atom is -0.454 e. The number of urea groups is 1. The number of hydrogen-bond donors (Lipinski definition) is 1. The molecule has 3 aliphatic heterocycles. The number of anilines is 1. The van der Waals surface area contributed by atoms with Gasteiger partial charge in [-0.3, -0.25) is 4.90 Å². The SMILES string of the molecule is CN1CCN([C@@H]2CCCCN(C(=O)Nc3ccc4c(c3)OCO4)C2)CC1. The quantitative estimate of drug-likeness (QED) is 0.875. The highest BCUT2D eigenvalue weighted by atomic mass is 16.7. The monoisotopic (exact) mass is 360 g/mol. The third-order valence-corrected chi connectivity index (χ3v) is 5.61. The predicted molar refractivity (Wildman–Crippen MR) is 99.9 cm³/mol. The molecule has 2 fully saturated rings. The Kier molecular flexibility index (Phi) is 5.17. The van der Waals surface area contributed by atoms with Crippen molar-refractivity contribution in [3.63, 3.8) is 0 Å². The number of ether oxygens (including phenoxy) is 2. The molecule has 0 saturated carbocycles. The highest BCUT2D eigenvalue weighted by molar-refractivity contribution is 5.89. The first kappa shape index (κ1) is 17.4. The van der Waals surface area contributed by atoms with Crippen LogP contribution >= 0.6 is 0 Å². The number of carbonyl (C=O) groups is 1. The van der Waals surface area contributed by atoms with Crippen LogP contribution in [0.25, 0.3) is 0 Å². The van der Waals surface area contributed by atoms with Crippen LogP contribution in [0.5, 0.6) is 11.5 Å². The number of benzene rings is 1. The molecule has 1 aromatic rings. The molecule has 4 rings (SSSR count). The lowest BCUT2D eigenvalue weighted by molar-refractivity contribution is 0.0948. The van der Waals surface area contributed by atoms with Gasteiger partial charge in [-0.2, -0.15) is 0 Å². The average Bonchev–Trinajstić information content (AvgIpc) is 2.97. The van der Waals surface area contributed by atoms with Crippen LogP contribution in [0.3, 0.4) is 0 Å². The van der Waals surface area contributed by atoms with E-state index in [2.05, 4.69) is 22.2 Å². The van der Waals surface area contributed by atoms with Crippen molar-refractivity contribution in [2.75, 3.05) is 58.4 Å². The van der Waals surface area contributed by atoms with Crippen molar-refractivity contribution in [1.29, 1.82) is 0 Å². The fraction of sp³-hybridized carbons (Fsp3) is 0.632. The maximum Gasteiger partial charge on any atom is 0.321 e. The van der Waals surface area contributed by atoms with Gasteiger partial charge in [-0.25, -0.2) is 4.79 Å². The number of rotatable bonds is 2. The normalized spacial score (nSPS) is 24.3. The van der Waals surface area contributed by atoms with Crippen molar-refractivity contribution >= 4 is 11.7 Å². The summed E-state index contributed by atoms with van der Waals surface area (Å²) in [5.41, 5.74) is 0.750. The van der Waals surface area contributed by atoms with Crippen LogP contribution in [-0.4, -0.2) is 79.9 Å². The number of carbonyl (C=O) groups excluding carboxylic acids is 1. The zero-order valence-electron chi connectivity index (χ0n) is 15.4. The Hall–Kier alpha value is -1.99. The van der Waals surface area contributed by atoms with Crippen LogP contribution in [-0.2, 0) is 0 Å². The number of nitrogens with one attached hydrogen (secondary N) is 1. The first-order valence-electron chi connectivity index (χ1n) is 9.57. The van der Waals surface area contributed by atoms with Crippen molar-refractivity contribution in [2.24, 2.45) is 0 Å². The Morgan fingerprint density at radius 1 is 1.08 bits per heavy atom. The van der Waals surface area contributed by atoms with E-state index in [1.165, 1.54) is 12.8 Å². The summed E-state index contributed by atoms with van der Waals surface area (Å²) >= 11 is 0. The fourth-order valence-corrected chi connectivity index (χ4v) is 3.97. The van der Waals surface area contributed by atoms with Crippen molar-refractivity contribution in [3.05, 3.63) is 18.2 Å². The lowest BCUT2D eigenvalue weighted by atomic mass is 10.1. The Bertz CT molecular complexity index is 646. The van der Waals surface area contributed by atoms with Gasteiger partial charge in [0.2, 0.25) is 6.79 Å². The van der Waals surface area contributed by atoms with E-state index in [-0.39, 0.29) is 12.8 Å². The molecule has 7 nitrogen and oxygen atoms in total. The second-order valence-corrected chi connectivity index (χ2v) is 7.43. The minimum absolute atomic E-state index is 0.0232. The van der Waals surface area contributed by atoms with Gasteiger partial charge in [0.15, 0.2) is 11.5 Å². The highest BCUT2D eigenvalue weighted by Crippen LogP contribution is 2.34. The van der Waals surface area contributed by atoms with E-state index in [1.54, 1.807) is 0 Å². The van der Waals surface area contributed by atoms with Gasteiger partial charge in [0, 0.05) is 57.1 Å². The molecule has 1 N–H and O–H groups in total. The second kappa shape index (κ2) is 7.72. The van der Waals surface area contributed by atoms with Crippen molar-refractivity contribution in [2.45, 2.75) is 25.3 Å². The van der Waals surface area contributed by atoms with E-state index < -0.39 is 0 Å². The van der Waals surface area contributed by atoms with Gasteiger partial charge in [0.25, 0.3) is 0 Å². The number of amides is 2. The molecule has 26 heavy (non-hydrogen) atoms. The molecular formula is C19H28N4O3. The van der Waals surface area contributed by atoms with Crippen LogP contribution in [0.1, 0.15) is 19.3 Å². The molecule has 0 aromatic heterocycles. The van der Waals surface area contributed by atoms with Crippen molar-refractivity contribution < 1.29 is 14.3 Å². The molecule has 142 valence electrons. The molecule has 7 heteroatoms. The summed E-state index contributed by atoms with van der Waals surface area (Å²) in [6.07, 6.45) is 3.43. The average molecular weight is 360 g/mol. The predicted octanol–water partition coefficient (Wildman–Crippen LogP) is 2.05. The number of likely N-dealkylation sites (tertiary alicyclic amines) is 1. The molecule has 0 spiro atoms. The van der Waals surface area contributed by atoms with E-state index in [0.29, 0.717) is 11.8 Å². The minimum atomic E-state index is -0.0232. The summed E-state index contributed by atoms with van der Waals surface area (Å²) < 4.78 is 10.7. The third-order valence-electron chi connectivity index (χ3n) is 5.61. The standard InChI is InChI=1S/C19H28N4O3/c1-21-8-10-22(11-9-21)16-4-2-3-7-23(13-16)19(24)20-15-5-6-17-18(12-15)26-14-25-17/h5-6,12,16H,2-4,7-11,13-14H2,1H3,(H,20,24)/t16-/m1/s1. The van der Waals surface area contributed by atoms with E-state index in [4.69, 9.17) is 9.47 Å². The van der Waals surface area contributed by atoms with Gasteiger partial charge in [-0.05, 0) is 32.0 Å². The number of hydrogen-bond acceptors (Lipinski definition) is 5. The van der Waals surface area contributed by atoms with E-state index in [0.717, 1.165) is 57.1 Å². The molecule has 0 radical (unpaired) electrons. The summed E-state index contributed by atoms with van der Waals surface area (Å²) in [5, 5.41) is 3.02. The second-order valence-electron chi connectivity index (χ2n) is 7.43. The molecule has 1 aromatic carbocycles. The third kappa shape index (κ3) is 3.88. The fourth-order valence-electron chi connectivity index (χ4n) is 3.97. The zero-order valence-corrected chi connectivity index (χ0v) is 15.4. The molecule has 3 heterocycles. The summed E-state index contributed by atoms with van der Waals surface area (Å²) in [7, 11) is 2.18. The molecule has 2 saturated heterocycles. The van der Waals surface area contributed by atoms with Gasteiger partial charge in [-0.15, -0.1) is 0 Å². The largest absolute Gasteiger partial charge is 0.454 e. The van der Waals surface area contributed by atoms with E-state index in [1.807, 2.05) is 23.1 Å². The van der Waals surface area contributed by atoms with Crippen LogP contribution in [0.2, 0.25) is 0 Å². The number of likely N-dealkylation sites (N-methyl/N-ethyl adjacent to an activating group) is 1. The van der Waals surface area contributed by atoms with Crippen LogP contribution in [0.15, 0.2) is 18.2 Å². The molecule has 3 aliphatic rings. The molecule has 0 aliphatic carbocycles. The number of nitrogens with zero attached hydrogens (tertiary/aromatic N) is 3. The Labute approximate surface area is 154 Å². The lowest BCUT2D eigenvalue weighted by Gasteiger charge is -2.39. The lowest BCUT2D eigenvalue weighted by Crippen LogP contribution is -2.52. The van der Waals surface area contributed by atoms with Gasteiger partial charge in [0.05, 0.1) is 0 Å². The smallest absolute Gasteiger partial charge is 0.321 e. The summed E-state index contributed by atoms with van der Waals surface area (Å²) in [5.74, 6) is 1.42. The summed E-state index contributed by atoms with van der Waals surface area (Å²) in [6, 6.07) is 5.98. The summed E-state index contributed by atoms with van der Waals surface area (Å²) in [4.78, 5) is 19.7. The molecular weight excluding hydrogens is 332 g/mol. The molecule has 1 atom stereocenters. The van der Waals surface area contributed by atoms with Crippen molar-refractivity contribution in [1.82, 2.24) is 14.7 Å². The maximum atomic E-state index is 12.8. The topological polar surface area (TPSA) is 57.3 Å².